The van der Waals surface area contributed by atoms with Crippen molar-refractivity contribution in [1.29, 1.82) is 0 Å². The van der Waals surface area contributed by atoms with E-state index in [-0.39, 0.29) is 22.2 Å². The molecule has 0 aliphatic heterocycles. The zero-order chi connectivity index (χ0) is 24.4. The first kappa shape index (κ1) is 25.8. The molecule has 0 N–H and O–H groups in total. The van der Waals surface area contributed by atoms with Gasteiger partial charge in [-0.05, 0) is 68.0 Å². The van der Waals surface area contributed by atoms with Gasteiger partial charge in [0.25, 0.3) is 20.1 Å². The van der Waals surface area contributed by atoms with E-state index in [0.29, 0.717) is 28.5 Å². The highest BCUT2D eigenvalue weighted by Crippen LogP contribution is 2.36. The number of thiophene rings is 1. The molecule has 180 valence electrons. The van der Waals surface area contributed by atoms with Gasteiger partial charge in [0.15, 0.2) is 0 Å². The van der Waals surface area contributed by atoms with Gasteiger partial charge in [-0.3, -0.25) is 4.18 Å². The Morgan fingerprint density at radius 2 is 1.70 bits per heavy atom. The number of hydrogen-bond donors (Lipinski definition) is 0. The van der Waals surface area contributed by atoms with Crippen molar-refractivity contribution >= 4 is 41.6 Å². The predicted molar refractivity (Wildman–Crippen MR) is 129 cm³/mol. The van der Waals surface area contributed by atoms with E-state index in [1.54, 1.807) is 32.0 Å². The van der Waals surface area contributed by atoms with E-state index in [4.69, 9.17) is 4.18 Å². The molecule has 3 rings (SSSR count). The molecule has 0 saturated carbocycles. The maximum atomic E-state index is 13.7. The summed E-state index contributed by atoms with van der Waals surface area (Å²) in [6.45, 7) is 7.20. The van der Waals surface area contributed by atoms with Gasteiger partial charge in [-0.2, -0.15) is 12.7 Å². The molecule has 3 aromatic rings. The Morgan fingerprint density at radius 3 is 2.30 bits per heavy atom. The molecule has 1 unspecified atom stereocenters. The molecule has 0 fully saturated rings. The molecule has 0 saturated heterocycles. The summed E-state index contributed by atoms with van der Waals surface area (Å²) in [6, 6.07) is 10.5. The number of rotatable bonds is 10. The first-order valence-electron chi connectivity index (χ1n) is 10.7. The van der Waals surface area contributed by atoms with Crippen molar-refractivity contribution in [3.63, 3.8) is 0 Å². The molecule has 33 heavy (non-hydrogen) atoms. The smallest absolute Gasteiger partial charge is 0.262 e. The summed E-state index contributed by atoms with van der Waals surface area (Å²) in [5.41, 5.74) is 1.40. The van der Waals surface area contributed by atoms with Crippen molar-refractivity contribution < 1.29 is 25.4 Å². The molecule has 10 heteroatoms. The van der Waals surface area contributed by atoms with Gasteiger partial charge in [-0.15, -0.1) is 11.3 Å². The quantitative estimate of drug-likeness (QED) is 0.346. The van der Waals surface area contributed by atoms with Crippen LogP contribution in [0.2, 0.25) is 0 Å². The summed E-state index contributed by atoms with van der Waals surface area (Å²) in [5, 5.41) is 0.556. The fraction of sp³-hybridized carbons (Fsp3) is 0.391. The summed E-state index contributed by atoms with van der Waals surface area (Å²) < 4.78 is 73.9. The van der Waals surface area contributed by atoms with Crippen molar-refractivity contribution in [2.75, 3.05) is 13.1 Å². The summed E-state index contributed by atoms with van der Waals surface area (Å²) >= 11 is 1.08. The van der Waals surface area contributed by atoms with Crippen molar-refractivity contribution in [3.05, 3.63) is 59.4 Å². The molecule has 1 heterocycles. The zero-order valence-corrected chi connectivity index (χ0v) is 21.5. The van der Waals surface area contributed by atoms with Crippen molar-refractivity contribution in [3.8, 4) is 0 Å². The number of benzene rings is 2. The van der Waals surface area contributed by atoms with Crippen LogP contribution in [0.1, 0.15) is 37.8 Å². The second kappa shape index (κ2) is 10.2. The average Bonchev–Trinajstić information content (AvgIpc) is 3.09. The molecule has 0 bridgehead atoms. The van der Waals surface area contributed by atoms with Crippen LogP contribution in [0.3, 0.4) is 0 Å². The molecule has 0 aliphatic carbocycles. The Bertz CT molecular complexity index is 1330. The number of fused-ring (bicyclic) bond motifs is 1. The van der Waals surface area contributed by atoms with E-state index >= 15 is 0 Å². The Labute approximate surface area is 199 Å². The first-order chi connectivity index (χ1) is 15.5. The number of aryl methyl sites for hydroxylation is 2. The highest BCUT2D eigenvalue weighted by Gasteiger charge is 2.32. The largest absolute Gasteiger partial charge is 0.297 e. The SMILES string of the molecule is CCCN(CC(CC)OS(=O)(=O)c1ccc(C)cc1)S(=O)(=O)c1sc2ccc(F)cc2c1C. The monoisotopic (exact) mass is 513 g/mol. The van der Waals surface area contributed by atoms with Gasteiger partial charge in [-0.1, -0.05) is 31.5 Å². The lowest BCUT2D eigenvalue weighted by Gasteiger charge is -2.26. The van der Waals surface area contributed by atoms with Crippen molar-refractivity contribution in [2.24, 2.45) is 0 Å². The molecular formula is C23H28FNO5S3. The average molecular weight is 514 g/mol. The van der Waals surface area contributed by atoms with Gasteiger partial charge < -0.3 is 0 Å². The van der Waals surface area contributed by atoms with E-state index < -0.39 is 32.1 Å². The second-order valence-corrected chi connectivity index (χ2v) is 12.7. The molecule has 6 nitrogen and oxygen atoms in total. The third-order valence-electron chi connectivity index (χ3n) is 5.34. The predicted octanol–water partition coefficient (Wildman–Crippen LogP) is 5.24. The van der Waals surface area contributed by atoms with Crippen LogP contribution in [0.15, 0.2) is 51.6 Å². The Balaban J connectivity index is 1.91. The highest BCUT2D eigenvalue weighted by molar-refractivity contribution is 7.91. The summed E-state index contributed by atoms with van der Waals surface area (Å²) in [6.07, 6.45) is -0.0131. The third kappa shape index (κ3) is 5.63. The van der Waals surface area contributed by atoms with E-state index in [0.717, 1.165) is 16.9 Å². The fourth-order valence-corrected chi connectivity index (χ4v) is 8.07. The van der Waals surface area contributed by atoms with Crippen LogP contribution < -0.4 is 0 Å². The van der Waals surface area contributed by atoms with Crippen LogP contribution in [0.5, 0.6) is 0 Å². The number of halogens is 1. The topological polar surface area (TPSA) is 80.8 Å². The Kier molecular flexibility index (Phi) is 7.95. The minimum Gasteiger partial charge on any atom is -0.262 e. The van der Waals surface area contributed by atoms with Gasteiger partial charge in [0, 0.05) is 17.8 Å². The molecular weight excluding hydrogens is 485 g/mol. The third-order valence-corrected chi connectivity index (χ3v) is 10.4. The molecule has 0 radical (unpaired) electrons. The van der Waals surface area contributed by atoms with Crippen molar-refractivity contribution in [2.45, 2.75) is 55.7 Å². The van der Waals surface area contributed by atoms with Gasteiger partial charge in [0.05, 0.1) is 11.0 Å². The van der Waals surface area contributed by atoms with E-state index in [2.05, 4.69) is 0 Å². The van der Waals surface area contributed by atoms with Crippen LogP contribution >= 0.6 is 11.3 Å². The molecule has 1 atom stereocenters. The Hall–Kier alpha value is -1.85. The van der Waals surface area contributed by atoms with Crippen LogP contribution in [-0.4, -0.2) is 40.3 Å². The Morgan fingerprint density at radius 1 is 1.03 bits per heavy atom. The van der Waals surface area contributed by atoms with Crippen molar-refractivity contribution in [1.82, 2.24) is 4.31 Å². The van der Waals surface area contributed by atoms with Gasteiger partial charge in [-0.25, -0.2) is 12.8 Å². The summed E-state index contributed by atoms with van der Waals surface area (Å²) in [7, 11) is -8.00. The number of nitrogens with zero attached hydrogens (tertiary/aromatic N) is 1. The lowest BCUT2D eigenvalue weighted by Crippen LogP contribution is -2.39. The van der Waals surface area contributed by atoms with Crippen LogP contribution in [0.4, 0.5) is 4.39 Å². The number of hydrogen-bond acceptors (Lipinski definition) is 6. The molecule has 0 amide bonds. The van der Waals surface area contributed by atoms with E-state index in [9.17, 15) is 21.2 Å². The van der Waals surface area contributed by atoms with E-state index in [1.807, 2.05) is 13.8 Å². The lowest BCUT2D eigenvalue weighted by atomic mass is 10.2. The molecule has 1 aromatic heterocycles. The maximum Gasteiger partial charge on any atom is 0.297 e. The summed E-state index contributed by atoms with van der Waals surface area (Å²) in [4.78, 5) is 0.0267. The van der Waals surface area contributed by atoms with Crippen LogP contribution in [0.25, 0.3) is 10.1 Å². The molecule has 0 spiro atoms. The minimum atomic E-state index is -4.05. The standard InChI is InChI=1S/C23H28FNO5S3/c1-5-13-25(15-19(6-2)30-33(28,29)20-10-7-16(3)8-11-20)32(26,27)23-17(4)21-14-18(24)9-12-22(21)31-23/h7-12,14,19H,5-6,13,15H2,1-4H3. The lowest BCUT2D eigenvalue weighted by molar-refractivity contribution is 0.172. The van der Waals surface area contributed by atoms with Crippen LogP contribution in [0, 0.1) is 19.7 Å². The number of sulfonamides is 1. The normalized spacial score (nSPS) is 13.6. The molecule has 2 aromatic carbocycles. The minimum absolute atomic E-state index is 0.0267. The van der Waals surface area contributed by atoms with E-state index in [1.165, 1.54) is 28.6 Å². The maximum absolute atomic E-state index is 13.7. The zero-order valence-electron chi connectivity index (χ0n) is 19.0. The van der Waals surface area contributed by atoms with Gasteiger partial charge in [0.1, 0.15) is 10.0 Å². The first-order valence-corrected chi connectivity index (χ1v) is 14.3. The fourth-order valence-electron chi connectivity index (χ4n) is 3.49. The highest BCUT2D eigenvalue weighted by atomic mass is 32.2. The summed E-state index contributed by atoms with van der Waals surface area (Å²) in [5.74, 6) is -0.432. The van der Waals surface area contributed by atoms with Crippen LogP contribution in [-0.2, 0) is 24.3 Å². The van der Waals surface area contributed by atoms with Gasteiger partial charge in [0.2, 0.25) is 0 Å². The molecule has 0 aliphatic rings. The second-order valence-electron chi connectivity index (χ2n) is 7.91. The van der Waals surface area contributed by atoms with Gasteiger partial charge >= 0.3 is 0 Å².